The Labute approximate surface area is 117 Å². The fourth-order valence-corrected chi connectivity index (χ4v) is 1.95. The number of nitrogens with zero attached hydrogens (tertiary/aromatic N) is 3. The Hall–Kier alpha value is -2.07. The van der Waals surface area contributed by atoms with Crippen molar-refractivity contribution in [3.8, 4) is 6.07 Å². The van der Waals surface area contributed by atoms with Gasteiger partial charge in [0, 0.05) is 27.2 Å². The molecule has 0 spiro atoms. The van der Waals surface area contributed by atoms with Crippen LogP contribution in [0.2, 0.25) is 0 Å². The minimum absolute atomic E-state index is 0.0510. The normalized spacial score (nSPS) is 10.3. The van der Waals surface area contributed by atoms with Crippen LogP contribution in [-0.4, -0.2) is 27.4 Å². The molecule has 1 heterocycles. The molecule has 2 N–H and O–H groups in total. The van der Waals surface area contributed by atoms with Crippen molar-refractivity contribution in [1.82, 2.24) is 9.13 Å². The molecule has 110 valence electrons. The molecule has 0 aliphatic carbocycles. The Kier molecular flexibility index (Phi) is 6.00. The van der Waals surface area contributed by atoms with Crippen LogP contribution in [-0.2, 0) is 14.1 Å². The average molecular weight is 280 g/mol. The Bertz CT molecular complexity index is 610. The van der Waals surface area contributed by atoms with Gasteiger partial charge in [-0.1, -0.05) is 12.8 Å². The Morgan fingerprint density at radius 1 is 1.15 bits per heavy atom. The fourth-order valence-electron chi connectivity index (χ4n) is 1.95. The quantitative estimate of drug-likeness (QED) is 0.680. The zero-order valence-corrected chi connectivity index (χ0v) is 11.8. The van der Waals surface area contributed by atoms with Gasteiger partial charge in [-0.25, -0.2) is 4.79 Å². The lowest BCUT2D eigenvalue weighted by atomic mass is 10.2. The summed E-state index contributed by atoms with van der Waals surface area (Å²) >= 11 is 0. The molecule has 0 saturated heterocycles. The van der Waals surface area contributed by atoms with Crippen LogP contribution in [0.4, 0.5) is 5.82 Å². The van der Waals surface area contributed by atoms with E-state index >= 15 is 0 Å². The Morgan fingerprint density at radius 2 is 1.80 bits per heavy atom. The number of hydrogen-bond donors (Lipinski definition) is 2. The first kappa shape index (κ1) is 16.0. The van der Waals surface area contributed by atoms with Gasteiger partial charge in [-0.2, -0.15) is 5.26 Å². The number of nitriles is 1. The molecule has 0 bridgehead atoms. The first-order valence-electron chi connectivity index (χ1n) is 6.59. The van der Waals surface area contributed by atoms with E-state index in [4.69, 9.17) is 10.4 Å². The van der Waals surface area contributed by atoms with Gasteiger partial charge >= 0.3 is 5.69 Å². The molecule has 0 atom stereocenters. The first-order chi connectivity index (χ1) is 9.54. The van der Waals surface area contributed by atoms with Crippen molar-refractivity contribution in [3.63, 3.8) is 0 Å². The van der Waals surface area contributed by atoms with E-state index in [1.165, 1.54) is 18.7 Å². The van der Waals surface area contributed by atoms with E-state index in [1.54, 1.807) is 0 Å². The summed E-state index contributed by atoms with van der Waals surface area (Å²) in [6.07, 6.45) is 3.48. The molecule has 0 amide bonds. The van der Waals surface area contributed by atoms with Gasteiger partial charge in [0.05, 0.1) is 0 Å². The second-order valence-electron chi connectivity index (χ2n) is 4.61. The van der Waals surface area contributed by atoms with Crippen LogP contribution in [0.3, 0.4) is 0 Å². The highest BCUT2D eigenvalue weighted by Gasteiger charge is 2.14. The van der Waals surface area contributed by atoms with Gasteiger partial charge in [0.1, 0.15) is 11.9 Å². The zero-order chi connectivity index (χ0) is 15.1. The molecule has 7 nitrogen and oxygen atoms in total. The zero-order valence-electron chi connectivity index (χ0n) is 11.8. The van der Waals surface area contributed by atoms with Crippen LogP contribution >= 0.6 is 0 Å². The van der Waals surface area contributed by atoms with Crippen molar-refractivity contribution in [2.45, 2.75) is 25.7 Å². The number of aliphatic hydroxyl groups is 1. The van der Waals surface area contributed by atoms with Crippen molar-refractivity contribution in [1.29, 1.82) is 5.26 Å². The van der Waals surface area contributed by atoms with E-state index in [9.17, 15) is 9.59 Å². The number of hydrogen-bond acceptors (Lipinski definition) is 5. The van der Waals surface area contributed by atoms with E-state index in [0.29, 0.717) is 6.54 Å². The third-order valence-electron chi connectivity index (χ3n) is 3.15. The van der Waals surface area contributed by atoms with Crippen LogP contribution in [0, 0.1) is 11.3 Å². The molecule has 7 heteroatoms. The number of aromatic nitrogens is 2. The van der Waals surface area contributed by atoms with Crippen LogP contribution in [0.1, 0.15) is 31.2 Å². The van der Waals surface area contributed by atoms with Crippen molar-refractivity contribution >= 4 is 5.82 Å². The summed E-state index contributed by atoms with van der Waals surface area (Å²) in [5, 5.41) is 20.7. The molecular weight excluding hydrogens is 260 g/mol. The molecule has 0 fully saturated rings. The minimum Gasteiger partial charge on any atom is -0.396 e. The van der Waals surface area contributed by atoms with Gasteiger partial charge in [-0.05, 0) is 12.8 Å². The summed E-state index contributed by atoms with van der Waals surface area (Å²) < 4.78 is 2.19. The molecule has 1 aromatic heterocycles. The summed E-state index contributed by atoms with van der Waals surface area (Å²) in [5.74, 6) is 0.266. The van der Waals surface area contributed by atoms with Gasteiger partial charge in [-0.3, -0.25) is 13.9 Å². The van der Waals surface area contributed by atoms with Gasteiger partial charge < -0.3 is 10.4 Å². The second kappa shape index (κ2) is 7.50. The summed E-state index contributed by atoms with van der Waals surface area (Å²) in [7, 11) is 2.88. The topological polar surface area (TPSA) is 100 Å². The number of aliphatic hydroxyl groups excluding tert-OH is 1. The number of nitrogens with one attached hydrogen (secondary N) is 1. The first-order valence-corrected chi connectivity index (χ1v) is 6.59. The molecule has 0 saturated carbocycles. The monoisotopic (exact) mass is 280 g/mol. The van der Waals surface area contributed by atoms with E-state index in [0.717, 1.165) is 30.3 Å². The van der Waals surface area contributed by atoms with Crippen LogP contribution < -0.4 is 16.6 Å². The number of rotatable bonds is 7. The van der Waals surface area contributed by atoms with E-state index in [2.05, 4.69) is 5.32 Å². The smallest absolute Gasteiger partial charge is 0.332 e. The molecule has 0 radical (unpaired) electrons. The lowest BCUT2D eigenvalue weighted by Crippen LogP contribution is -2.39. The standard InChI is InChI=1S/C13H20N4O3/c1-16-11(15-7-5-3-4-6-8-18)10(9-14)12(19)17(2)13(16)20/h15,18H,3-8H2,1-2H3. The third-order valence-corrected chi connectivity index (χ3v) is 3.15. The lowest BCUT2D eigenvalue weighted by molar-refractivity contribution is 0.283. The summed E-state index contributed by atoms with van der Waals surface area (Å²) in [5.41, 5.74) is -1.10. The van der Waals surface area contributed by atoms with Gasteiger partial charge in [0.2, 0.25) is 0 Å². The Morgan fingerprint density at radius 3 is 2.40 bits per heavy atom. The molecule has 0 aromatic carbocycles. The van der Waals surface area contributed by atoms with E-state index < -0.39 is 11.2 Å². The van der Waals surface area contributed by atoms with Gasteiger partial charge in [-0.15, -0.1) is 0 Å². The minimum atomic E-state index is -0.585. The Balaban J connectivity index is 2.83. The SMILES string of the molecule is Cn1c(NCCCCCCO)c(C#N)c(=O)n(C)c1=O. The highest BCUT2D eigenvalue weighted by atomic mass is 16.3. The van der Waals surface area contributed by atoms with E-state index in [-0.39, 0.29) is 18.0 Å². The number of unbranched alkanes of at least 4 members (excludes halogenated alkanes) is 3. The molecule has 1 rings (SSSR count). The molecule has 0 aliphatic heterocycles. The van der Waals surface area contributed by atoms with Crippen molar-refractivity contribution < 1.29 is 5.11 Å². The largest absolute Gasteiger partial charge is 0.396 e. The molecule has 20 heavy (non-hydrogen) atoms. The molecule has 0 aliphatic rings. The van der Waals surface area contributed by atoms with Gasteiger partial charge in [0.25, 0.3) is 5.56 Å². The predicted molar refractivity (Wildman–Crippen MR) is 75.7 cm³/mol. The van der Waals surface area contributed by atoms with Gasteiger partial charge in [0.15, 0.2) is 5.56 Å². The predicted octanol–water partition coefficient (Wildman–Crippen LogP) is -0.0797. The highest BCUT2D eigenvalue weighted by Crippen LogP contribution is 2.08. The maximum Gasteiger partial charge on any atom is 0.332 e. The molecular formula is C13H20N4O3. The summed E-state index contributed by atoms with van der Waals surface area (Å²) in [6.45, 7) is 0.760. The average Bonchev–Trinajstić information content (AvgIpc) is 2.45. The van der Waals surface area contributed by atoms with Crippen LogP contribution in [0.15, 0.2) is 9.59 Å². The third kappa shape index (κ3) is 3.48. The summed E-state index contributed by atoms with van der Waals surface area (Å²) in [6, 6.07) is 1.85. The van der Waals surface area contributed by atoms with Crippen molar-refractivity contribution in [3.05, 3.63) is 26.4 Å². The maximum absolute atomic E-state index is 11.8. The fraction of sp³-hybridized carbons (Fsp3) is 0.615. The van der Waals surface area contributed by atoms with Crippen molar-refractivity contribution in [2.24, 2.45) is 14.1 Å². The maximum atomic E-state index is 11.8. The van der Waals surface area contributed by atoms with Crippen molar-refractivity contribution in [2.75, 3.05) is 18.5 Å². The molecule has 0 unspecified atom stereocenters. The highest BCUT2D eigenvalue weighted by molar-refractivity contribution is 5.51. The van der Waals surface area contributed by atoms with E-state index in [1.807, 2.05) is 6.07 Å². The second-order valence-corrected chi connectivity index (χ2v) is 4.61. The van der Waals surface area contributed by atoms with Crippen LogP contribution in [0.25, 0.3) is 0 Å². The van der Waals surface area contributed by atoms with Crippen LogP contribution in [0.5, 0.6) is 0 Å². The summed E-state index contributed by atoms with van der Waals surface area (Å²) in [4.78, 5) is 23.6. The number of anilines is 1. The lowest BCUT2D eigenvalue weighted by Gasteiger charge is -2.13. The molecule has 1 aromatic rings.